The second-order valence-electron chi connectivity index (χ2n) is 5.36. The van der Waals surface area contributed by atoms with E-state index in [-0.39, 0.29) is 0 Å². The molecule has 0 fully saturated rings. The van der Waals surface area contributed by atoms with E-state index in [1.165, 1.54) is 0 Å². The summed E-state index contributed by atoms with van der Waals surface area (Å²) < 4.78 is 0. The van der Waals surface area contributed by atoms with Gasteiger partial charge < -0.3 is 10.2 Å². The van der Waals surface area contributed by atoms with Crippen molar-refractivity contribution < 1.29 is 19.8 Å². The molecule has 22 heavy (non-hydrogen) atoms. The van der Waals surface area contributed by atoms with Gasteiger partial charge in [0.2, 0.25) is 0 Å². The van der Waals surface area contributed by atoms with Crippen LogP contribution < -0.4 is 0 Å². The first kappa shape index (κ1) is 15.8. The largest absolute Gasteiger partial charge is 0.481 e. The van der Waals surface area contributed by atoms with Crippen LogP contribution in [0.1, 0.15) is 30.4 Å². The van der Waals surface area contributed by atoms with Gasteiger partial charge in [0.25, 0.3) is 0 Å². The fraction of sp³-hybridized carbons (Fsp3) is 0.222. The molecule has 1 aromatic carbocycles. The predicted octanol–water partition coefficient (Wildman–Crippen LogP) is 3.48. The molecular formula is C18H18O4. The van der Waals surface area contributed by atoms with Gasteiger partial charge in [0.05, 0.1) is 5.92 Å². The normalized spacial score (nSPS) is 21.9. The highest BCUT2D eigenvalue weighted by molar-refractivity contribution is 5.83. The summed E-state index contributed by atoms with van der Waals surface area (Å²) in [5, 5.41) is 18.7. The number of hydrogen-bond donors (Lipinski definition) is 2. The van der Waals surface area contributed by atoms with Crippen LogP contribution in [0.3, 0.4) is 0 Å². The molecule has 0 aromatic heterocycles. The van der Waals surface area contributed by atoms with Crippen LogP contribution in [0.4, 0.5) is 0 Å². The highest BCUT2D eigenvalue weighted by atomic mass is 16.4. The summed E-state index contributed by atoms with van der Waals surface area (Å²) in [7, 11) is 0. The van der Waals surface area contributed by atoms with Crippen LogP contribution in [0.15, 0.2) is 54.6 Å². The van der Waals surface area contributed by atoms with Crippen molar-refractivity contribution in [3.63, 3.8) is 0 Å². The Bertz CT molecular complexity index is 669. The summed E-state index contributed by atoms with van der Waals surface area (Å²) in [6.45, 7) is 1.62. The highest BCUT2D eigenvalue weighted by Gasteiger charge is 2.32. The van der Waals surface area contributed by atoms with Gasteiger partial charge in [-0.3, -0.25) is 9.59 Å². The maximum absolute atomic E-state index is 11.6. The van der Waals surface area contributed by atoms with Crippen LogP contribution >= 0.6 is 0 Å². The summed E-state index contributed by atoms with van der Waals surface area (Å²) in [6.07, 6.45) is 10.7. The fourth-order valence-corrected chi connectivity index (χ4v) is 2.42. The van der Waals surface area contributed by atoms with Gasteiger partial charge in [-0.1, -0.05) is 60.7 Å². The van der Waals surface area contributed by atoms with Crippen molar-refractivity contribution in [1.82, 2.24) is 0 Å². The van der Waals surface area contributed by atoms with Crippen LogP contribution in [0.5, 0.6) is 0 Å². The third-order valence-corrected chi connectivity index (χ3v) is 3.89. The zero-order chi connectivity index (χ0) is 16.2. The van der Waals surface area contributed by atoms with Crippen LogP contribution in [0.25, 0.3) is 6.08 Å². The first-order valence-electron chi connectivity index (χ1n) is 7.05. The van der Waals surface area contributed by atoms with E-state index < -0.39 is 23.3 Å². The van der Waals surface area contributed by atoms with Gasteiger partial charge >= 0.3 is 11.9 Å². The number of hydrogen-bond acceptors (Lipinski definition) is 2. The van der Waals surface area contributed by atoms with Gasteiger partial charge in [-0.15, -0.1) is 0 Å². The van der Waals surface area contributed by atoms with E-state index in [1.807, 2.05) is 18.2 Å². The van der Waals surface area contributed by atoms with E-state index in [9.17, 15) is 19.8 Å². The minimum absolute atomic E-state index is 0.381. The summed E-state index contributed by atoms with van der Waals surface area (Å²) in [4.78, 5) is 22.8. The minimum Gasteiger partial charge on any atom is -0.481 e. The molecule has 2 N–H and O–H groups in total. The fourth-order valence-electron chi connectivity index (χ4n) is 2.42. The summed E-state index contributed by atoms with van der Waals surface area (Å²) in [5.74, 6) is -2.48. The molecule has 0 saturated carbocycles. The van der Waals surface area contributed by atoms with E-state index in [0.29, 0.717) is 12.0 Å². The van der Waals surface area contributed by atoms with E-state index in [2.05, 4.69) is 0 Å². The summed E-state index contributed by atoms with van der Waals surface area (Å²) in [6, 6.07) is 7.13. The molecule has 1 aromatic rings. The van der Waals surface area contributed by atoms with E-state index >= 15 is 0 Å². The molecule has 4 heteroatoms. The Hall–Kier alpha value is -2.62. The number of allylic oxidation sites excluding steroid dienone is 3. The maximum atomic E-state index is 11.6. The van der Waals surface area contributed by atoms with E-state index in [0.717, 1.165) is 5.56 Å². The topological polar surface area (TPSA) is 74.6 Å². The van der Waals surface area contributed by atoms with Crippen LogP contribution in [-0.2, 0) is 9.59 Å². The smallest absolute Gasteiger partial charge is 0.317 e. The van der Waals surface area contributed by atoms with Crippen molar-refractivity contribution in [3.05, 3.63) is 65.8 Å². The molecular weight excluding hydrogens is 280 g/mol. The molecule has 1 aliphatic carbocycles. The quantitative estimate of drug-likeness (QED) is 0.872. The summed E-state index contributed by atoms with van der Waals surface area (Å²) in [5.41, 5.74) is 0.317. The third kappa shape index (κ3) is 3.17. The Morgan fingerprint density at radius 1 is 1.23 bits per heavy atom. The van der Waals surface area contributed by atoms with Gasteiger partial charge in [0, 0.05) is 0 Å². The Labute approximate surface area is 129 Å². The van der Waals surface area contributed by atoms with Crippen molar-refractivity contribution in [1.29, 1.82) is 0 Å². The number of carboxylic acid groups (broad SMARTS) is 2. The number of rotatable bonds is 5. The first-order chi connectivity index (χ1) is 10.5. The number of aliphatic carboxylic acids is 2. The monoisotopic (exact) mass is 298 g/mol. The lowest BCUT2D eigenvalue weighted by molar-refractivity contribution is -0.143. The molecule has 0 bridgehead atoms. The lowest BCUT2D eigenvalue weighted by Gasteiger charge is -2.22. The Morgan fingerprint density at radius 3 is 2.55 bits per heavy atom. The molecule has 0 heterocycles. The lowest BCUT2D eigenvalue weighted by atomic mass is 9.80. The van der Waals surface area contributed by atoms with Crippen LogP contribution in [-0.4, -0.2) is 22.2 Å². The standard InChI is InChI=1S/C18H18O4/c1-13(16(19)20)15-8-4-3-7-14(15)9-12-18(17(21)22)10-5-2-6-11-18/h2-10,12-13H,11H2,1H3,(H,19,20)(H,21,22). The van der Waals surface area contributed by atoms with Crippen molar-refractivity contribution in [2.75, 3.05) is 0 Å². The Morgan fingerprint density at radius 2 is 1.95 bits per heavy atom. The van der Waals surface area contributed by atoms with Crippen molar-refractivity contribution in [2.24, 2.45) is 5.41 Å². The number of carboxylic acids is 2. The van der Waals surface area contributed by atoms with Gasteiger partial charge in [-0.05, 0) is 24.5 Å². The second kappa shape index (κ2) is 6.43. The molecule has 1 aliphatic rings. The predicted molar refractivity (Wildman–Crippen MR) is 84.5 cm³/mol. The Balaban J connectivity index is 2.38. The van der Waals surface area contributed by atoms with Gasteiger partial charge in [-0.2, -0.15) is 0 Å². The van der Waals surface area contributed by atoms with Crippen LogP contribution in [0.2, 0.25) is 0 Å². The highest BCUT2D eigenvalue weighted by Crippen LogP contribution is 2.32. The lowest BCUT2D eigenvalue weighted by Crippen LogP contribution is -2.26. The molecule has 4 nitrogen and oxygen atoms in total. The zero-order valence-electron chi connectivity index (χ0n) is 12.3. The van der Waals surface area contributed by atoms with Crippen molar-refractivity contribution in [2.45, 2.75) is 19.3 Å². The molecule has 2 unspecified atom stereocenters. The molecule has 2 atom stereocenters. The maximum Gasteiger partial charge on any atom is 0.317 e. The zero-order valence-corrected chi connectivity index (χ0v) is 12.3. The average molecular weight is 298 g/mol. The van der Waals surface area contributed by atoms with E-state index in [1.54, 1.807) is 49.4 Å². The van der Waals surface area contributed by atoms with Gasteiger partial charge in [0.1, 0.15) is 5.41 Å². The molecule has 0 radical (unpaired) electrons. The number of carbonyl (C=O) groups is 2. The van der Waals surface area contributed by atoms with Gasteiger partial charge in [0.15, 0.2) is 0 Å². The third-order valence-electron chi connectivity index (χ3n) is 3.89. The second-order valence-corrected chi connectivity index (χ2v) is 5.36. The molecule has 0 spiro atoms. The summed E-state index contributed by atoms with van der Waals surface area (Å²) >= 11 is 0. The molecule has 0 aliphatic heterocycles. The average Bonchev–Trinajstić information content (AvgIpc) is 2.53. The number of benzene rings is 1. The van der Waals surface area contributed by atoms with E-state index in [4.69, 9.17) is 0 Å². The minimum atomic E-state index is -1.08. The van der Waals surface area contributed by atoms with Gasteiger partial charge in [-0.25, -0.2) is 0 Å². The van der Waals surface area contributed by atoms with Crippen molar-refractivity contribution >= 4 is 18.0 Å². The van der Waals surface area contributed by atoms with Crippen molar-refractivity contribution in [3.8, 4) is 0 Å². The Kier molecular flexibility index (Phi) is 4.61. The molecule has 0 saturated heterocycles. The molecule has 114 valence electrons. The molecule has 0 amide bonds. The van der Waals surface area contributed by atoms with Crippen LogP contribution in [0, 0.1) is 5.41 Å². The first-order valence-corrected chi connectivity index (χ1v) is 7.05. The molecule has 2 rings (SSSR count). The SMILES string of the molecule is CC(C(=O)O)c1ccccc1C=CC1(C(=O)O)C=CC=CC1.